The van der Waals surface area contributed by atoms with Crippen LogP contribution in [-0.2, 0) is 32.5 Å². The molecule has 0 heterocycles. The zero-order valence-corrected chi connectivity index (χ0v) is 17.7. The van der Waals surface area contributed by atoms with Crippen molar-refractivity contribution in [2.45, 2.75) is 37.5 Å². The van der Waals surface area contributed by atoms with Gasteiger partial charge in [-0.2, -0.15) is 0 Å². The molecule has 0 saturated heterocycles. The molecule has 18 heteroatoms. The molecule has 0 bridgehead atoms. The van der Waals surface area contributed by atoms with Gasteiger partial charge < -0.3 is 41.3 Å². The number of Topliss-reactive ketones (excluding diaryl/α,β-unsaturated/α-hetero) is 1. The van der Waals surface area contributed by atoms with Gasteiger partial charge in [0.1, 0.15) is 12.6 Å². The van der Waals surface area contributed by atoms with E-state index in [1.807, 2.05) is 0 Å². The monoisotopic (exact) mass is 494 g/mol. The minimum absolute atomic E-state index is 0.0800. The van der Waals surface area contributed by atoms with E-state index in [9.17, 15) is 38.3 Å². The number of aliphatic hydroxyl groups is 1. The molecule has 0 aliphatic rings. The first-order valence-corrected chi connectivity index (χ1v) is 11.6. The van der Waals surface area contributed by atoms with Crippen molar-refractivity contribution in [3.8, 4) is 0 Å². The number of aliphatic hydroxyl groups excluding tert-OH is 1. The van der Waals surface area contributed by atoms with Gasteiger partial charge in [0.2, 0.25) is 0 Å². The fourth-order valence-electron chi connectivity index (χ4n) is 1.88. The maximum Gasteiger partial charge on any atom is 0.436 e. The standard InChI is InChI=1S/C13H24N2O14P2/c14-4-2-1-3-7(15)11(18)28-9(5-16)10(29-31(25,26)13(21)22)8(17)6-27-30(23,24)12(19)20/h7,9-10,16H,1-6,14-15H2,(H,19,20)(H,21,22)(H,23,24)(H,25,26)/t7-,9+,10-/m0/s1. The number of hydrogen-bond donors (Lipinski definition) is 7. The van der Waals surface area contributed by atoms with Gasteiger partial charge in [0, 0.05) is 0 Å². The normalized spacial score (nSPS) is 18.1. The summed E-state index contributed by atoms with van der Waals surface area (Å²) in [7, 11) is -10.9. The van der Waals surface area contributed by atoms with Gasteiger partial charge in [0.05, 0.1) is 6.61 Å². The maximum absolute atomic E-state index is 12.2. The lowest BCUT2D eigenvalue weighted by Crippen LogP contribution is -2.46. The Morgan fingerprint density at radius 1 is 0.968 bits per heavy atom. The highest BCUT2D eigenvalue weighted by Gasteiger charge is 2.43. The molecule has 0 radical (unpaired) electrons. The lowest BCUT2D eigenvalue weighted by Gasteiger charge is -2.26. The van der Waals surface area contributed by atoms with E-state index in [4.69, 9.17) is 31.3 Å². The average molecular weight is 494 g/mol. The molecule has 0 amide bonds. The molecular formula is C13H24N2O14P2. The largest absolute Gasteiger partial charge is 0.472 e. The van der Waals surface area contributed by atoms with Gasteiger partial charge in [-0.05, 0) is 19.4 Å². The van der Waals surface area contributed by atoms with Crippen molar-refractivity contribution >= 4 is 38.4 Å². The molecule has 0 aliphatic heterocycles. The topological polar surface area (TPSA) is 283 Å². The minimum Gasteiger partial charge on any atom is -0.472 e. The van der Waals surface area contributed by atoms with E-state index in [1.165, 1.54) is 0 Å². The van der Waals surface area contributed by atoms with E-state index in [2.05, 4.69) is 9.05 Å². The van der Waals surface area contributed by atoms with Crippen LogP contribution < -0.4 is 11.5 Å². The molecule has 9 N–H and O–H groups in total. The van der Waals surface area contributed by atoms with E-state index in [0.717, 1.165) is 0 Å². The van der Waals surface area contributed by atoms with E-state index in [0.29, 0.717) is 19.4 Å². The predicted octanol–water partition coefficient (Wildman–Crippen LogP) is -0.955. The lowest BCUT2D eigenvalue weighted by atomic mass is 10.1. The number of hydrogen-bond acceptors (Lipinski definition) is 12. The summed E-state index contributed by atoms with van der Waals surface area (Å²) in [4.78, 5) is 64.1. The van der Waals surface area contributed by atoms with Crippen molar-refractivity contribution in [1.82, 2.24) is 0 Å². The van der Waals surface area contributed by atoms with Crippen LogP contribution in [0.3, 0.4) is 0 Å². The predicted molar refractivity (Wildman–Crippen MR) is 99.4 cm³/mol. The fraction of sp³-hybridized carbons (Fsp3) is 0.692. The number of carbonyl (C=O) groups is 4. The molecule has 0 spiro atoms. The Balaban J connectivity index is 5.57. The molecule has 0 fully saturated rings. The minimum atomic E-state index is -5.57. The smallest absolute Gasteiger partial charge is 0.436 e. The Morgan fingerprint density at radius 2 is 1.52 bits per heavy atom. The van der Waals surface area contributed by atoms with E-state index in [-0.39, 0.29) is 6.42 Å². The molecule has 0 rings (SSSR count). The van der Waals surface area contributed by atoms with Crippen LogP contribution >= 0.6 is 15.2 Å². The molecule has 2 unspecified atom stereocenters. The van der Waals surface area contributed by atoms with Gasteiger partial charge in [-0.25, -0.2) is 18.7 Å². The first-order chi connectivity index (χ1) is 14.2. The number of ketones is 1. The summed E-state index contributed by atoms with van der Waals surface area (Å²) in [5.41, 5.74) is 6.14. The van der Waals surface area contributed by atoms with Crippen molar-refractivity contribution in [3.05, 3.63) is 0 Å². The molecule has 0 aromatic carbocycles. The SMILES string of the molecule is NCCCC[C@H](N)C(=O)O[C@H](CO)[C@@H](OP(=O)(O)C(=O)O)C(=O)COP(=O)(O)C(=O)O. The molecule has 0 aromatic heterocycles. The summed E-state index contributed by atoms with van der Waals surface area (Å²) in [5.74, 6) is -2.78. The van der Waals surface area contributed by atoms with Gasteiger partial charge in [0.25, 0.3) is 0 Å². The second kappa shape index (κ2) is 13.0. The van der Waals surface area contributed by atoms with Crippen molar-refractivity contribution < 1.29 is 67.2 Å². The van der Waals surface area contributed by atoms with E-state index in [1.54, 1.807) is 0 Å². The number of esters is 1. The molecule has 5 atom stereocenters. The van der Waals surface area contributed by atoms with Gasteiger partial charge in [-0.15, -0.1) is 0 Å². The zero-order valence-electron chi connectivity index (χ0n) is 15.9. The summed E-state index contributed by atoms with van der Waals surface area (Å²) in [6, 6.07) is -1.27. The Kier molecular flexibility index (Phi) is 12.2. The van der Waals surface area contributed by atoms with Crippen LogP contribution in [0.15, 0.2) is 0 Å². The zero-order chi connectivity index (χ0) is 24.4. The van der Waals surface area contributed by atoms with Crippen LogP contribution in [0.4, 0.5) is 9.59 Å². The van der Waals surface area contributed by atoms with Gasteiger partial charge in [-0.1, -0.05) is 6.42 Å². The first kappa shape index (κ1) is 29.3. The summed E-state index contributed by atoms with van der Waals surface area (Å²) < 4.78 is 36.0. The highest BCUT2D eigenvalue weighted by Crippen LogP contribution is 2.46. The van der Waals surface area contributed by atoms with Crippen LogP contribution in [0.25, 0.3) is 0 Å². The first-order valence-electron chi connectivity index (χ1n) is 8.44. The Hall–Kier alpha value is -1.74. The van der Waals surface area contributed by atoms with Crippen molar-refractivity contribution in [1.29, 1.82) is 0 Å². The number of unbranched alkanes of at least 4 members (excludes halogenated alkanes) is 1. The second-order valence-electron chi connectivity index (χ2n) is 5.92. The maximum atomic E-state index is 12.2. The van der Waals surface area contributed by atoms with Crippen LogP contribution in [0.1, 0.15) is 19.3 Å². The highest BCUT2D eigenvalue weighted by atomic mass is 31.2. The van der Waals surface area contributed by atoms with Gasteiger partial charge in [-0.3, -0.25) is 18.6 Å². The van der Waals surface area contributed by atoms with Crippen LogP contribution in [0, 0.1) is 0 Å². The molecule has 0 aliphatic carbocycles. The van der Waals surface area contributed by atoms with Gasteiger partial charge in [0.15, 0.2) is 18.0 Å². The third-order valence-electron chi connectivity index (χ3n) is 3.50. The van der Waals surface area contributed by atoms with Crippen LogP contribution in [0.2, 0.25) is 0 Å². The van der Waals surface area contributed by atoms with Crippen molar-refractivity contribution in [2.75, 3.05) is 19.8 Å². The van der Waals surface area contributed by atoms with Crippen LogP contribution in [-0.4, -0.2) is 86.3 Å². The molecule has 31 heavy (non-hydrogen) atoms. The third kappa shape index (κ3) is 9.95. The summed E-state index contributed by atoms with van der Waals surface area (Å²) >= 11 is 0. The number of carbonyl (C=O) groups excluding carboxylic acids is 2. The average Bonchev–Trinajstić information content (AvgIpc) is 2.68. The molecular weight excluding hydrogens is 470 g/mol. The molecule has 180 valence electrons. The van der Waals surface area contributed by atoms with Crippen molar-refractivity contribution in [3.63, 3.8) is 0 Å². The van der Waals surface area contributed by atoms with E-state index >= 15 is 0 Å². The second-order valence-corrected chi connectivity index (χ2v) is 9.24. The molecule has 16 nitrogen and oxygen atoms in total. The number of carboxylic acid groups (broad SMARTS) is 2. The molecule has 0 aromatic rings. The Labute approximate surface area is 175 Å². The molecule has 0 saturated carbocycles. The number of nitrogens with two attached hydrogens (primary N) is 2. The lowest BCUT2D eigenvalue weighted by molar-refractivity contribution is -0.162. The quantitative estimate of drug-likeness (QED) is 0.0772. The highest BCUT2D eigenvalue weighted by molar-refractivity contribution is 7.70. The summed E-state index contributed by atoms with van der Waals surface area (Å²) in [6.45, 7) is -2.47. The fourth-order valence-corrected chi connectivity index (χ4v) is 2.94. The summed E-state index contributed by atoms with van der Waals surface area (Å²) in [5, 5.41) is 26.6. The van der Waals surface area contributed by atoms with Crippen LogP contribution in [0.5, 0.6) is 0 Å². The third-order valence-corrected chi connectivity index (χ3v) is 5.46. The Bertz CT molecular complexity index is 758. The number of rotatable bonds is 16. The Morgan fingerprint density at radius 3 is 1.97 bits per heavy atom. The number of ether oxygens (including phenoxy) is 1. The summed E-state index contributed by atoms with van der Waals surface area (Å²) in [6.07, 6.45) is -3.58. The van der Waals surface area contributed by atoms with Gasteiger partial charge >= 0.3 is 32.6 Å². The van der Waals surface area contributed by atoms with Crippen molar-refractivity contribution in [2.24, 2.45) is 11.5 Å². The van der Waals surface area contributed by atoms with E-state index < -0.39 is 69.8 Å².